The zero-order valence-corrected chi connectivity index (χ0v) is 16.0. The SMILES string of the molecule is CCOc1ccc(CN(C)C(=O)CCC(=O)c2cc(C)ccc2C)cc1. The maximum atomic E-state index is 12.4. The monoisotopic (exact) mass is 353 g/mol. The van der Waals surface area contributed by atoms with Gasteiger partial charge in [0.25, 0.3) is 0 Å². The average molecular weight is 353 g/mol. The molecule has 0 aromatic heterocycles. The largest absolute Gasteiger partial charge is 0.494 e. The lowest BCUT2D eigenvalue weighted by atomic mass is 9.99. The second kappa shape index (κ2) is 9.18. The summed E-state index contributed by atoms with van der Waals surface area (Å²) < 4.78 is 5.42. The molecule has 0 spiro atoms. The van der Waals surface area contributed by atoms with E-state index in [1.807, 2.05) is 63.2 Å². The number of ketones is 1. The average Bonchev–Trinajstić information content (AvgIpc) is 2.63. The Balaban J connectivity index is 1.88. The summed E-state index contributed by atoms with van der Waals surface area (Å²) in [4.78, 5) is 26.4. The highest BCUT2D eigenvalue weighted by atomic mass is 16.5. The summed E-state index contributed by atoms with van der Waals surface area (Å²) in [6.45, 7) is 6.98. The zero-order valence-electron chi connectivity index (χ0n) is 16.0. The van der Waals surface area contributed by atoms with E-state index in [4.69, 9.17) is 4.74 Å². The predicted molar refractivity (Wildman–Crippen MR) is 104 cm³/mol. The molecule has 0 aliphatic carbocycles. The normalized spacial score (nSPS) is 10.5. The molecule has 0 radical (unpaired) electrons. The van der Waals surface area contributed by atoms with E-state index in [2.05, 4.69) is 0 Å². The minimum atomic E-state index is -0.0301. The van der Waals surface area contributed by atoms with Gasteiger partial charge in [0.1, 0.15) is 5.75 Å². The van der Waals surface area contributed by atoms with Crippen LogP contribution in [0.4, 0.5) is 0 Å². The van der Waals surface area contributed by atoms with Crippen molar-refractivity contribution in [3.8, 4) is 5.75 Å². The summed E-state index contributed by atoms with van der Waals surface area (Å²) in [5, 5.41) is 0. The Hall–Kier alpha value is -2.62. The Morgan fingerprint density at radius 3 is 2.35 bits per heavy atom. The highest BCUT2D eigenvalue weighted by Crippen LogP contribution is 2.16. The fourth-order valence-corrected chi connectivity index (χ4v) is 2.80. The fraction of sp³-hybridized carbons (Fsp3) is 0.364. The number of Topliss-reactive ketones (excluding diaryl/α,β-unsaturated/α-hetero) is 1. The molecule has 0 aliphatic rings. The maximum Gasteiger partial charge on any atom is 0.223 e. The lowest BCUT2D eigenvalue weighted by molar-refractivity contribution is -0.130. The van der Waals surface area contributed by atoms with Crippen LogP contribution in [0.1, 0.15) is 46.8 Å². The lowest BCUT2D eigenvalue weighted by Gasteiger charge is -2.17. The number of hydrogen-bond acceptors (Lipinski definition) is 3. The molecule has 0 aliphatic heterocycles. The summed E-state index contributed by atoms with van der Waals surface area (Å²) in [6, 6.07) is 13.5. The molecule has 0 atom stereocenters. The first-order valence-corrected chi connectivity index (χ1v) is 8.97. The van der Waals surface area contributed by atoms with Gasteiger partial charge in [0.05, 0.1) is 6.61 Å². The van der Waals surface area contributed by atoms with Crippen LogP contribution < -0.4 is 4.74 Å². The molecule has 138 valence electrons. The summed E-state index contributed by atoms with van der Waals surface area (Å²) in [5.41, 5.74) is 3.76. The summed E-state index contributed by atoms with van der Waals surface area (Å²) in [5.74, 6) is 0.816. The van der Waals surface area contributed by atoms with E-state index in [0.717, 1.165) is 22.4 Å². The van der Waals surface area contributed by atoms with Gasteiger partial charge in [0.15, 0.2) is 5.78 Å². The van der Waals surface area contributed by atoms with Crippen molar-refractivity contribution in [2.45, 2.75) is 40.2 Å². The second-order valence-corrected chi connectivity index (χ2v) is 6.57. The first kappa shape index (κ1) is 19.7. The Labute approximate surface area is 155 Å². The van der Waals surface area contributed by atoms with Crippen LogP contribution in [-0.2, 0) is 11.3 Å². The number of hydrogen-bond donors (Lipinski definition) is 0. The van der Waals surface area contributed by atoms with Crippen molar-refractivity contribution < 1.29 is 14.3 Å². The number of carbonyl (C=O) groups excluding carboxylic acids is 2. The molecule has 1 amide bonds. The van der Waals surface area contributed by atoms with E-state index in [9.17, 15) is 9.59 Å². The summed E-state index contributed by atoms with van der Waals surface area (Å²) >= 11 is 0. The molecule has 0 saturated heterocycles. The number of amides is 1. The topological polar surface area (TPSA) is 46.6 Å². The van der Waals surface area contributed by atoms with Crippen LogP contribution in [0.25, 0.3) is 0 Å². The van der Waals surface area contributed by atoms with Gasteiger partial charge in [-0.2, -0.15) is 0 Å². The van der Waals surface area contributed by atoms with E-state index in [0.29, 0.717) is 18.7 Å². The number of benzene rings is 2. The standard InChI is InChI=1S/C22H27NO3/c1-5-26-19-10-8-18(9-11-19)15-23(4)22(25)13-12-21(24)20-14-16(2)6-7-17(20)3/h6-11,14H,5,12-13,15H2,1-4H3. The van der Waals surface area contributed by atoms with Gasteiger partial charge in [-0.05, 0) is 50.1 Å². The predicted octanol–water partition coefficient (Wildman–Crippen LogP) is 4.32. The third kappa shape index (κ3) is 5.45. The minimum absolute atomic E-state index is 0.0222. The van der Waals surface area contributed by atoms with E-state index in [1.165, 1.54) is 0 Å². The third-order valence-corrected chi connectivity index (χ3v) is 4.34. The van der Waals surface area contributed by atoms with Crippen molar-refractivity contribution in [2.75, 3.05) is 13.7 Å². The number of ether oxygens (including phenoxy) is 1. The molecule has 2 aromatic rings. The molecular formula is C22H27NO3. The molecule has 0 heterocycles. The second-order valence-electron chi connectivity index (χ2n) is 6.57. The molecule has 4 nitrogen and oxygen atoms in total. The van der Waals surface area contributed by atoms with Crippen molar-refractivity contribution in [3.63, 3.8) is 0 Å². The Morgan fingerprint density at radius 2 is 1.69 bits per heavy atom. The van der Waals surface area contributed by atoms with E-state index >= 15 is 0 Å². The third-order valence-electron chi connectivity index (χ3n) is 4.34. The molecule has 0 fully saturated rings. The van der Waals surface area contributed by atoms with Crippen LogP contribution >= 0.6 is 0 Å². The van der Waals surface area contributed by atoms with Crippen LogP contribution in [-0.4, -0.2) is 30.2 Å². The highest BCUT2D eigenvalue weighted by Gasteiger charge is 2.14. The van der Waals surface area contributed by atoms with E-state index in [1.54, 1.807) is 11.9 Å². The molecule has 2 rings (SSSR count). The minimum Gasteiger partial charge on any atom is -0.494 e. The lowest BCUT2D eigenvalue weighted by Crippen LogP contribution is -2.26. The molecule has 26 heavy (non-hydrogen) atoms. The molecule has 4 heteroatoms. The zero-order chi connectivity index (χ0) is 19.1. The highest BCUT2D eigenvalue weighted by molar-refractivity contribution is 5.99. The van der Waals surface area contributed by atoms with E-state index < -0.39 is 0 Å². The van der Waals surface area contributed by atoms with Gasteiger partial charge in [0, 0.05) is 32.0 Å². The molecule has 0 unspecified atom stereocenters. The maximum absolute atomic E-state index is 12.4. The van der Waals surface area contributed by atoms with Gasteiger partial charge >= 0.3 is 0 Å². The van der Waals surface area contributed by atoms with Crippen molar-refractivity contribution in [2.24, 2.45) is 0 Å². The van der Waals surface area contributed by atoms with Crippen LogP contribution in [0.2, 0.25) is 0 Å². The molecule has 2 aromatic carbocycles. The van der Waals surface area contributed by atoms with Crippen molar-refractivity contribution in [1.29, 1.82) is 0 Å². The number of carbonyl (C=O) groups is 2. The Bertz CT molecular complexity index is 765. The molecular weight excluding hydrogens is 326 g/mol. The van der Waals surface area contributed by atoms with Gasteiger partial charge in [-0.25, -0.2) is 0 Å². The van der Waals surface area contributed by atoms with Gasteiger partial charge in [-0.15, -0.1) is 0 Å². The number of nitrogens with zero attached hydrogens (tertiary/aromatic N) is 1. The Morgan fingerprint density at radius 1 is 1.00 bits per heavy atom. The summed E-state index contributed by atoms with van der Waals surface area (Å²) in [7, 11) is 1.77. The molecule has 0 N–H and O–H groups in total. The number of rotatable bonds is 8. The van der Waals surface area contributed by atoms with Crippen molar-refractivity contribution >= 4 is 11.7 Å². The summed E-state index contributed by atoms with van der Waals surface area (Å²) in [6.07, 6.45) is 0.455. The molecule has 0 saturated carbocycles. The van der Waals surface area contributed by atoms with Gasteiger partial charge < -0.3 is 9.64 Å². The van der Waals surface area contributed by atoms with Gasteiger partial charge in [-0.1, -0.05) is 29.8 Å². The van der Waals surface area contributed by atoms with Crippen LogP contribution in [0.5, 0.6) is 5.75 Å². The van der Waals surface area contributed by atoms with Gasteiger partial charge in [-0.3, -0.25) is 9.59 Å². The quantitative estimate of drug-likeness (QED) is 0.664. The fourth-order valence-electron chi connectivity index (χ4n) is 2.80. The molecule has 0 bridgehead atoms. The van der Waals surface area contributed by atoms with Crippen molar-refractivity contribution in [1.82, 2.24) is 4.90 Å². The van der Waals surface area contributed by atoms with Crippen LogP contribution in [0.3, 0.4) is 0 Å². The first-order valence-electron chi connectivity index (χ1n) is 8.97. The Kier molecular flexibility index (Phi) is 6.96. The van der Waals surface area contributed by atoms with Crippen LogP contribution in [0.15, 0.2) is 42.5 Å². The van der Waals surface area contributed by atoms with Gasteiger partial charge in [0.2, 0.25) is 5.91 Å². The van der Waals surface area contributed by atoms with Crippen molar-refractivity contribution in [3.05, 3.63) is 64.7 Å². The van der Waals surface area contributed by atoms with E-state index in [-0.39, 0.29) is 24.5 Å². The smallest absolute Gasteiger partial charge is 0.223 e. The first-order chi connectivity index (χ1) is 12.4. The number of aryl methyl sites for hydroxylation is 2. The van der Waals surface area contributed by atoms with Crippen LogP contribution in [0, 0.1) is 13.8 Å².